The Morgan fingerprint density at radius 1 is 1.22 bits per heavy atom. The van der Waals surface area contributed by atoms with Gasteiger partial charge in [-0.1, -0.05) is 23.7 Å². The molecule has 0 fully saturated rings. The number of aromatic carboxylic acids is 1. The molecule has 0 aromatic heterocycles. The van der Waals surface area contributed by atoms with E-state index < -0.39 is 5.97 Å². The molecule has 0 aliphatic carbocycles. The van der Waals surface area contributed by atoms with Crippen molar-refractivity contribution in [1.29, 1.82) is 0 Å². The summed E-state index contributed by atoms with van der Waals surface area (Å²) < 4.78 is 5.60. The second-order valence-corrected chi connectivity index (χ2v) is 5.55. The Bertz CT molecular complexity index is 656. The zero-order chi connectivity index (χ0) is 16.7. The molecule has 2 aromatic rings. The molecule has 0 aliphatic rings. The average molecular weight is 334 g/mol. The van der Waals surface area contributed by atoms with Crippen LogP contribution in [-0.2, 0) is 13.0 Å². The van der Waals surface area contributed by atoms with Gasteiger partial charge < -0.3 is 15.2 Å². The van der Waals surface area contributed by atoms with Crippen LogP contribution in [0.5, 0.6) is 5.75 Å². The summed E-state index contributed by atoms with van der Waals surface area (Å²) in [7, 11) is 0. The molecule has 4 nitrogen and oxygen atoms in total. The normalized spacial score (nSPS) is 10.5. The van der Waals surface area contributed by atoms with Crippen LogP contribution in [0.2, 0.25) is 5.02 Å². The molecule has 0 amide bonds. The number of carboxylic acids is 1. The molecule has 2 aromatic carbocycles. The summed E-state index contributed by atoms with van der Waals surface area (Å²) >= 11 is 6.04. The topological polar surface area (TPSA) is 58.6 Å². The van der Waals surface area contributed by atoms with Gasteiger partial charge in [0.1, 0.15) is 5.75 Å². The molecule has 0 unspecified atom stereocenters. The maximum Gasteiger partial charge on any atom is 0.335 e. The maximum atomic E-state index is 10.8. The van der Waals surface area contributed by atoms with Crippen molar-refractivity contribution in [3.05, 3.63) is 64.2 Å². The number of carbonyl (C=O) groups is 1. The van der Waals surface area contributed by atoms with E-state index in [0.29, 0.717) is 23.7 Å². The average Bonchev–Trinajstić information content (AvgIpc) is 2.54. The molecule has 0 bridgehead atoms. The van der Waals surface area contributed by atoms with E-state index in [0.717, 1.165) is 29.8 Å². The summed E-state index contributed by atoms with van der Waals surface area (Å²) in [6, 6.07) is 12.5. The molecular formula is C18H20ClNO3. The zero-order valence-electron chi connectivity index (χ0n) is 13.0. The first kappa shape index (κ1) is 17.3. The lowest BCUT2D eigenvalue weighted by atomic mass is 10.1. The van der Waals surface area contributed by atoms with Gasteiger partial charge in [0.2, 0.25) is 0 Å². The third kappa shape index (κ3) is 5.27. The van der Waals surface area contributed by atoms with E-state index in [-0.39, 0.29) is 0 Å². The molecule has 2 N–H and O–H groups in total. The number of benzene rings is 2. The monoisotopic (exact) mass is 333 g/mol. The lowest BCUT2D eigenvalue weighted by molar-refractivity contribution is 0.0697. The van der Waals surface area contributed by atoms with E-state index in [1.165, 1.54) is 0 Å². The molecule has 0 radical (unpaired) electrons. The second-order valence-electron chi connectivity index (χ2n) is 5.11. The number of halogens is 1. The van der Waals surface area contributed by atoms with Gasteiger partial charge in [0, 0.05) is 11.6 Å². The lowest BCUT2D eigenvalue weighted by Crippen LogP contribution is -2.17. The van der Waals surface area contributed by atoms with Gasteiger partial charge >= 0.3 is 5.97 Å². The van der Waals surface area contributed by atoms with Crippen molar-refractivity contribution >= 4 is 17.6 Å². The van der Waals surface area contributed by atoms with E-state index >= 15 is 0 Å². The molecule has 5 heteroatoms. The fourth-order valence-corrected chi connectivity index (χ4v) is 2.46. The zero-order valence-corrected chi connectivity index (χ0v) is 13.8. The molecular weight excluding hydrogens is 314 g/mol. The smallest absolute Gasteiger partial charge is 0.335 e. The fraction of sp³-hybridized carbons (Fsp3) is 0.278. The maximum absolute atomic E-state index is 10.8. The Labute approximate surface area is 141 Å². The van der Waals surface area contributed by atoms with E-state index in [1.807, 2.05) is 37.3 Å². The lowest BCUT2D eigenvalue weighted by Gasteiger charge is -2.11. The van der Waals surface area contributed by atoms with Crippen LogP contribution in [0.15, 0.2) is 42.5 Å². The summed E-state index contributed by atoms with van der Waals surface area (Å²) in [6.45, 7) is 4.04. The number of hydrogen-bond acceptors (Lipinski definition) is 3. The molecule has 23 heavy (non-hydrogen) atoms. The molecule has 122 valence electrons. The summed E-state index contributed by atoms with van der Waals surface area (Å²) in [5, 5.41) is 12.9. The van der Waals surface area contributed by atoms with Crippen molar-refractivity contribution < 1.29 is 14.6 Å². The second kappa shape index (κ2) is 8.56. The third-order valence-corrected chi connectivity index (χ3v) is 3.66. The van der Waals surface area contributed by atoms with E-state index in [9.17, 15) is 4.79 Å². The molecule has 0 spiro atoms. The standard InChI is InChI=1S/C18H20ClNO3/c1-2-23-17-8-7-16(19)11-15(17)9-10-20-12-13-3-5-14(6-4-13)18(21)22/h3-8,11,20H,2,9-10,12H2,1H3,(H,21,22). The van der Waals surface area contributed by atoms with E-state index in [1.54, 1.807) is 12.1 Å². The van der Waals surface area contributed by atoms with Crippen LogP contribution >= 0.6 is 11.6 Å². The Hall–Kier alpha value is -2.04. The van der Waals surface area contributed by atoms with Crippen molar-refractivity contribution in [3.63, 3.8) is 0 Å². The van der Waals surface area contributed by atoms with E-state index in [4.69, 9.17) is 21.4 Å². The molecule has 0 saturated heterocycles. The molecule has 0 aliphatic heterocycles. The quantitative estimate of drug-likeness (QED) is 0.722. The third-order valence-electron chi connectivity index (χ3n) is 3.42. The number of hydrogen-bond donors (Lipinski definition) is 2. The van der Waals surface area contributed by atoms with Gasteiger partial charge in [-0.2, -0.15) is 0 Å². The largest absolute Gasteiger partial charge is 0.494 e. The molecule has 0 atom stereocenters. The van der Waals surface area contributed by atoms with Crippen LogP contribution < -0.4 is 10.1 Å². The summed E-state index contributed by atoms with van der Waals surface area (Å²) in [4.78, 5) is 10.8. The van der Waals surface area contributed by atoms with Crippen LogP contribution in [0.1, 0.15) is 28.4 Å². The summed E-state index contributed by atoms with van der Waals surface area (Å²) in [5.41, 5.74) is 2.42. The summed E-state index contributed by atoms with van der Waals surface area (Å²) in [6.07, 6.45) is 0.809. The first-order valence-corrected chi connectivity index (χ1v) is 7.92. The fourth-order valence-electron chi connectivity index (χ4n) is 2.26. The van der Waals surface area contributed by atoms with Gasteiger partial charge in [0.15, 0.2) is 0 Å². The molecule has 0 heterocycles. The Morgan fingerprint density at radius 2 is 1.96 bits per heavy atom. The van der Waals surface area contributed by atoms with Gasteiger partial charge in [-0.15, -0.1) is 0 Å². The van der Waals surface area contributed by atoms with Crippen LogP contribution in [0, 0.1) is 0 Å². The predicted molar refractivity (Wildman–Crippen MR) is 91.4 cm³/mol. The first-order chi connectivity index (χ1) is 11.1. The SMILES string of the molecule is CCOc1ccc(Cl)cc1CCNCc1ccc(C(=O)O)cc1. The van der Waals surface area contributed by atoms with Crippen molar-refractivity contribution in [1.82, 2.24) is 5.32 Å². The highest BCUT2D eigenvalue weighted by molar-refractivity contribution is 6.30. The van der Waals surface area contributed by atoms with Crippen molar-refractivity contribution in [2.24, 2.45) is 0 Å². The van der Waals surface area contributed by atoms with Crippen LogP contribution in [0.25, 0.3) is 0 Å². The van der Waals surface area contributed by atoms with E-state index in [2.05, 4.69) is 5.32 Å². The minimum Gasteiger partial charge on any atom is -0.494 e. The number of rotatable bonds is 8. The van der Waals surface area contributed by atoms with Gasteiger partial charge in [0.05, 0.1) is 12.2 Å². The Balaban J connectivity index is 1.85. The van der Waals surface area contributed by atoms with Gasteiger partial charge in [-0.05, 0) is 61.3 Å². The van der Waals surface area contributed by atoms with Crippen LogP contribution in [-0.4, -0.2) is 24.2 Å². The molecule has 2 rings (SSSR count). The highest BCUT2D eigenvalue weighted by Crippen LogP contribution is 2.23. The Kier molecular flexibility index (Phi) is 6.44. The van der Waals surface area contributed by atoms with Crippen molar-refractivity contribution in [3.8, 4) is 5.75 Å². The minimum absolute atomic E-state index is 0.300. The Morgan fingerprint density at radius 3 is 2.61 bits per heavy atom. The molecule has 0 saturated carbocycles. The van der Waals surface area contributed by atoms with Crippen molar-refractivity contribution in [2.75, 3.05) is 13.2 Å². The van der Waals surface area contributed by atoms with Gasteiger partial charge in [0.25, 0.3) is 0 Å². The highest BCUT2D eigenvalue weighted by Gasteiger charge is 2.05. The number of nitrogens with one attached hydrogen (secondary N) is 1. The van der Waals surface area contributed by atoms with Crippen LogP contribution in [0.4, 0.5) is 0 Å². The number of carboxylic acid groups (broad SMARTS) is 1. The first-order valence-electron chi connectivity index (χ1n) is 7.54. The predicted octanol–water partition coefficient (Wildman–Crippen LogP) is 3.77. The summed E-state index contributed by atoms with van der Waals surface area (Å²) in [5.74, 6) is -0.0431. The van der Waals surface area contributed by atoms with Gasteiger partial charge in [-0.25, -0.2) is 4.79 Å². The van der Waals surface area contributed by atoms with Gasteiger partial charge in [-0.3, -0.25) is 0 Å². The minimum atomic E-state index is -0.908. The highest BCUT2D eigenvalue weighted by atomic mass is 35.5. The van der Waals surface area contributed by atoms with Crippen LogP contribution in [0.3, 0.4) is 0 Å². The van der Waals surface area contributed by atoms with Crippen molar-refractivity contribution in [2.45, 2.75) is 19.9 Å². The number of ether oxygens (including phenoxy) is 1.